The normalized spacial score (nSPS) is 18.6. The molecule has 2 aromatic rings. The number of hydrogen-bond acceptors (Lipinski definition) is 4. The molecule has 0 aromatic heterocycles. The number of methoxy groups -OCH3 is 1. The molecule has 3 rings (SSSR count). The zero-order chi connectivity index (χ0) is 21.1. The minimum atomic E-state index is -4.77. The maximum Gasteiger partial charge on any atom is 0.573 e. The average molecular weight is 446 g/mol. The SMILES string of the molecule is COc1ccc(OC(F)(F)F)cc1CNCC1(c2ccccc2)CN(C)C(=O)N1.Cl. The molecule has 30 heavy (non-hydrogen) atoms. The Morgan fingerprint density at radius 1 is 1.20 bits per heavy atom. The van der Waals surface area contributed by atoms with Crippen molar-refractivity contribution in [1.82, 2.24) is 15.5 Å². The van der Waals surface area contributed by atoms with E-state index in [1.54, 1.807) is 11.9 Å². The number of benzene rings is 2. The quantitative estimate of drug-likeness (QED) is 0.683. The molecule has 1 saturated heterocycles. The predicted octanol–water partition coefficient (Wildman–Crippen LogP) is 3.66. The molecular formula is C20H23ClF3N3O3. The lowest BCUT2D eigenvalue weighted by molar-refractivity contribution is -0.274. The van der Waals surface area contributed by atoms with Crippen molar-refractivity contribution in [1.29, 1.82) is 0 Å². The zero-order valence-corrected chi connectivity index (χ0v) is 17.3. The predicted molar refractivity (Wildman–Crippen MR) is 108 cm³/mol. The van der Waals surface area contributed by atoms with Crippen molar-refractivity contribution in [2.75, 3.05) is 27.2 Å². The van der Waals surface area contributed by atoms with E-state index in [9.17, 15) is 18.0 Å². The summed E-state index contributed by atoms with van der Waals surface area (Å²) in [7, 11) is 3.15. The van der Waals surface area contributed by atoms with Gasteiger partial charge in [0.05, 0.1) is 19.2 Å². The number of urea groups is 1. The summed E-state index contributed by atoms with van der Waals surface area (Å²) in [6, 6.07) is 13.3. The molecule has 1 atom stereocenters. The zero-order valence-electron chi connectivity index (χ0n) is 16.5. The summed E-state index contributed by atoms with van der Waals surface area (Å²) in [4.78, 5) is 13.7. The second-order valence-electron chi connectivity index (χ2n) is 6.86. The fourth-order valence-electron chi connectivity index (χ4n) is 3.44. The third kappa shape index (κ3) is 5.48. The van der Waals surface area contributed by atoms with E-state index in [1.165, 1.54) is 25.3 Å². The van der Waals surface area contributed by atoms with Crippen molar-refractivity contribution in [3.8, 4) is 11.5 Å². The lowest BCUT2D eigenvalue weighted by Gasteiger charge is -2.29. The molecular weight excluding hydrogens is 423 g/mol. The van der Waals surface area contributed by atoms with Crippen LogP contribution in [0, 0.1) is 0 Å². The highest BCUT2D eigenvalue weighted by molar-refractivity contribution is 5.85. The van der Waals surface area contributed by atoms with Crippen LogP contribution in [0.1, 0.15) is 11.1 Å². The number of likely N-dealkylation sites (N-methyl/N-ethyl adjacent to an activating group) is 1. The summed E-state index contributed by atoms with van der Waals surface area (Å²) in [6.07, 6.45) is -4.77. The van der Waals surface area contributed by atoms with Crippen molar-refractivity contribution in [3.05, 3.63) is 59.7 Å². The van der Waals surface area contributed by atoms with Crippen LogP contribution in [0.5, 0.6) is 11.5 Å². The van der Waals surface area contributed by atoms with E-state index in [-0.39, 0.29) is 30.7 Å². The molecule has 0 saturated carbocycles. The lowest BCUT2D eigenvalue weighted by atomic mass is 9.90. The van der Waals surface area contributed by atoms with Crippen molar-refractivity contribution in [2.24, 2.45) is 0 Å². The number of ether oxygens (including phenoxy) is 2. The van der Waals surface area contributed by atoms with E-state index >= 15 is 0 Å². The molecule has 0 bridgehead atoms. The van der Waals surface area contributed by atoms with E-state index in [4.69, 9.17) is 4.74 Å². The molecule has 2 N–H and O–H groups in total. The highest BCUT2D eigenvalue weighted by Crippen LogP contribution is 2.30. The third-order valence-electron chi connectivity index (χ3n) is 4.75. The van der Waals surface area contributed by atoms with Gasteiger partial charge in [-0.05, 0) is 23.8 Å². The van der Waals surface area contributed by atoms with E-state index < -0.39 is 11.9 Å². The second-order valence-corrected chi connectivity index (χ2v) is 6.86. The number of alkyl halides is 3. The number of carbonyl (C=O) groups excluding carboxylic acids is 1. The van der Waals surface area contributed by atoms with Crippen LogP contribution in [0.25, 0.3) is 0 Å². The number of amides is 2. The highest BCUT2D eigenvalue weighted by atomic mass is 35.5. The molecule has 1 heterocycles. The van der Waals surface area contributed by atoms with Gasteiger partial charge >= 0.3 is 12.4 Å². The van der Waals surface area contributed by atoms with Crippen LogP contribution in [0.3, 0.4) is 0 Å². The molecule has 1 unspecified atom stereocenters. The fraction of sp³-hybridized carbons (Fsp3) is 0.350. The third-order valence-corrected chi connectivity index (χ3v) is 4.75. The van der Waals surface area contributed by atoms with E-state index in [1.807, 2.05) is 30.3 Å². The summed E-state index contributed by atoms with van der Waals surface area (Å²) >= 11 is 0. The monoisotopic (exact) mass is 445 g/mol. The minimum absolute atomic E-state index is 0. The number of halogens is 4. The Bertz CT molecular complexity index is 867. The molecule has 2 amide bonds. The van der Waals surface area contributed by atoms with Gasteiger partial charge in [-0.15, -0.1) is 25.6 Å². The summed E-state index contributed by atoms with van der Waals surface area (Å²) in [5.41, 5.74) is 0.793. The average Bonchev–Trinajstić information content (AvgIpc) is 2.96. The Morgan fingerprint density at radius 3 is 2.47 bits per heavy atom. The van der Waals surface area contributed by atoms with E-state index in [0.717, 1.165) is 5.56 Å². The Hall–Kier alpha value is -2.65. The summed E-state index contributed by atoms with van der Waals surface area (Å²) in [5, 5.41) is 6.24. The molecule has 0 radical (unpaired) electrons. The van der Waals surface area contributed by atoms with Gasteiger partial charge in [0, 0.05) is 25.7 Å². The Balaban J connectivity index is 0.00000320. The molecule has 164 valence electrons. The van der Waals surface area contributed by atoms with E-state index in [0.29, 0.717) is 24.4 Å². The molecule has 1 aliphatic heterocycles. The first kappa shape index (κ1) is 23.6. The fourth-order valence-corrected chi connectivity index (χ4v) is 3.44. The Labute approximate surface area is 178 Å². The van der Waals surface area contributed by atoms with Crippen LogP contribution >= 0.6 is 12.4 Å². The van der Waals surface area contributed by atoms with Gasteiger partial charge in [-0.25, -0.2) is 4.79 Å². The topological polar surface area (TPSA) is 62.8 Å². The summed E-state index contributed by atoms with van der Waals surface area (Å²) in [6.45, 7) is 1.06. The van der Waals surface area contributed by atoms with Gasteiger partial charge in [0.25, 0.3) is 0 Å². The van der Waals surface area contributed by atoms with Gasteiger partial charge in [-0.2, -0.15) is 0 Å². The largest absolute Gasteiger partial charge is 0.573 e. The second kappa shape index (κ2) is 9.44. The first-order chi connectivity index (χ1) is 13.7. The van der Waals surface area contributed by atoms with Crippen molar-refractivity contribution in [3.63, 3.8) is 0 Å². The Kier molecular flexibility index (Phi) is 7.44. The number of nitrogens with one attached hydrogen (secondary N) is 2. The standard InChI is InChI=1S/C20H22F3N3O3.ClH/c1-26-13-19(25-18(26)27,15-6-4-3-5-7-15)12-24-11-14-10-16(29-20(21,22)23)8-9-17(14)28-2;/h3-10,24H,11-13H2,1-2H3,(H,25,27);1H. The maximum absolute atomic E-state index is 12.5. The molecule has 1 aliphatic rings. The van der Waals surface area contributed by atoms with Gasteiger partial charge in [0.2, 0.25) is 0 Å². The van der Waals surface area contributed by atoms with E-state index in [2.05, 4.69) is 15.4 Å². The lowest BCUT2D eigenvalue weighted by Crippen LogP contribution is -2.48. The van der Waals surface area contributed by atoms with Gasteiger partial charge in [0.15, 0.2) is 0 Å². The minimum Gasteiger partial charge on any atom is -0.496 e. The summed E-state index contributed by atoms with van der Waals surface area (Å²) < 4.78 is 46.8. The van der Waals surface area contributed by atoms with Crippen LogP contribution in [0.4, 0.5) is 18.0 Å². The first-order valence-corrected chi connectivity index (χ1v) is 8.95. The van der Waals surface area contributed by atoms with Crippen molar-refractivity contribution < 1.29 is 27.4 Å². The molecule has 10 heteroatoms. The van der Waals surface area contributed by atoms with Crippen LogP contribution in [-0.4, -0.2) is 44.5 Å². The highest BCUT2D eigenvalue weighted by Gasteiger charge is 2.42. The summed E-state index contributed by atoms with van der Waals surface area (Å²) in [5.74, 6) is 0.120. The number of carbonyl (C=O) groups is 1. The number of rotatable bonds is 7. The smallest absolute Gasteiger partial charge is 0.496 e. The van der Waals surface area contributed by atoms with Crippen LogP contribution in [0.2, 0.25) is 0 Å². The molecule has 0 spiro atoms. The van der Waals surface area contributed by atoms with Crippen LogP contribution in [0.15, 0.2) is 48.5 Å². The van der Waals surface area contributed by atoms with Crippen LogP contribution < -0.4 is 20.1 Å². The van der Waals surface area contributed by atoms with Crippen molar-refractivity contribution >= 4 is 18.4 Å². The van der Waals surface area contributed by atoms with Crippen molar-refractivity contribution in [2.45, 2.75) is 18.4 Å². The molecule has 6 nitrogen and oxygen atoms in total. The van der Waals surface area contributed by atoms with Gasteiger partial charge in [-0.3, -0.25) is 0 Å². The molecule has 2 aromatic carbocycles. The van der Waals surface area contributed by atoms with Crippen LogP contribution in [-0.2, 0) is 12.1 Å². The Morgan fingerprint density at radius 2 is 1.90 bits per heavy atom. The van der Waals surface area contributed by atoms with Gasteiger partial charge in [-0.1, -0.05) is 30.3 Å². The number of hydrogen-bond donors (Lipinski definition) is 2. The first-order valence-electron chi connectivity index (χ1n) is 8.95. The van der Waals surface area contributed by atoms with Gasteiger partial charge < -0.3 is 25.0 Å². The maximum atomic E-state index is 12.5. The number of nitrogens with zero attached hydrogens (tertiary/aromatic N) is 1. The molecule has 0 aliphatic carbocycles. The molecule has 1 fully saturated rings. The van der Waals surface area contributed by atoms with Gasteiger partial charge in [0.1, 0.15) is 11.5 Å².